The van der Waals surface area contributed by atoms with Gasteiger partial charge in [-0.2, -0.15) is 0 Å². The second-order valence-corrected chi connectivity index (χ2v) is 5.54. The molecule has 0 saturated carbocycles. The number of nitrogens with one attached hydrogen (secondary N) is 2. The smallest absolute Gasteiger partial charge is 0.407 e. The summed E-state index contributed by atoms with van der Waals surface area (Å²) in [4.78, 5) is 25.4. The van der Waals surface area contributed by atoms with Crippen LogP contribution in [-0.2, 0) is 9.53 Å². The molecule has 0 rings (SSSR count). The molecule has 0 unspecified atom stereocenters. The van der Waals surface area contributed by atoms with Crippen molar-refractivity contribution in [3.63, 3.8) is 0 Å². The highest BCUT2D eigenvalue weighted by Crippen LogP contribution is 2.06. The number of carbonyl (C=O) groups is 2. The van der Waals surface area contributed by atoms with Crippen LogP contribution in [-0.4, -0.2) is 37.2 Å². The van der Waals surface area contributed by atoms with Crippen molar-refractivity contribution < 1.29 is 14.3 Å². The number of amides is 2. The molecule has 8 heteroatoms. The highest BCUT2D eigenvalue weighted by atomic mass is 16.6. The number of hydrogen-bond donors (Lipinski definition) is 2. The zero-order valence-corrected chi connectivity index (χ0v) is 13.0. The molecule has 2 amide bonds. The molecule has 0 radical (unpaired) electrons. The summed E-state index contributed by atoms with van der Waals surface area (Å²) >= 11 is 0. The maximum absolute atomic E-state index is 11.4. The quantitative estimate of drug-likeness (QED) is 0.295. The Morgan fingerprint density at radius 2 is 1.81 bits per heavy atom. The van der Waals surface area contributed by atoms with Crippen LogP contribution >= 0.6 is 0 Å². The number of azide groups is 1. The molecule has 21 heavy (non-hydrogen) atoms. The van der Waals surface area contributed by atoms with Gasteiger partial charge in [0.1, 0.15) is 5.60 Å². The molecule has 0 aliphatic heterocycles. The summed E-state index contributed by atoms with van der Waals surface area (Å²) in [6, 6.07) is 0. The molecule has 0 heterocycles. The minimum atomic E-state index is -0.506. The van der Waals surface area contributed by atoms with Crippen LogP contribution in [0.4, 0.5) is 4.79 Å². The van der Waals surface area contributed by atoms with E-state index in [-0.39, 0.29) is 5.91 Å². The SMILES string of the molecule is CC(C)(C)OC(=O)NCCCNC(=O)CCCCN=[N+]=[N-]. The van der Waals surface area contributed by atoms with Crippen LogP contribution in [0, 0.1) is 0 Å². The largest absolute Gasteiger partial charge is 0.444 e. The van der Waals surface area contributed by atoms with Crippen LogP contribution in [0.3, 0.4) is 0 Å². The summed E-state index contributed by atoms with van der Waals surface area (Å²) in [6.07, 6.45) is 2.01. The summed E-state index contributed by atoms with van der Waals surface area (Å²) in [5.41, 5.74) is 7.58. The third kappa shape index (κ3) is 14.3. The van der Waals surface area contributed by atoms with E-state index >= 15 is 0 Å². The predicted molar refractivity (Wildman–Crippen MR) is 79.7 cm³/mol. The molecule has 2 N–H and O–H groups in total. The maximum Gasteiger partial charge on any atom is 0.407 e. The summed E-state index contributed by atoms with van der Waals surface area (Å²) in [5, 5.41) is 8.78. The van der Waals surface area contributed by atoms with E-state index in [1.807, 2.05) is 0 Å². The molecular weight excluding hydrogens is 274 g/mol. The van der Waals surface area contributed by atoms with Crippen LogP contribution < -0.4 is 10.6 Å². The molecular formula is C13H25N5O3. The molecule has 8 nitrogen and oxygen atoms in total. The maximum atomic E-state index is 11.4. The molecule has 120 valence electrons. The second kappa shape index (κ2) is 10.8. The Hall–Kier alpha value is -1.95. The minimum Gasteiger partial charge on any atom is -0.444 e. The van der Waals surface area contributed by atoms with Crippen LogP contribution in [0.5, 0.6) is 0 Å². The van der Waals surface area contributed by atoms with E-state index in [0.29, 0.717) is 45.3 Å². The van der Waals surface area contributed by atoms with Gasteiger partial charge < -0.3 is 15.4 Å². The molecule has 0 aliphatic carbocycles. The molecule has 0 spiro atoms. The van der Waals surface area contributed by atoms with E-state index in [1.165, 1.54) is 0 Å². The molecule has 0 aromatic heterocycles. The van der Waals surface area contributed by atoms with Crippen molar-refractivity contribution in [2.24, 2.45) is 5.11 Å². The van der Waals surface area contributed by atoms with E-state index in [9.17, 15) is 9.59 Å². The van der Waals surface area contributed by atoms with Gasteiger partial charge in [-0.3, -0.25) is 4.79 Å². The summed E-state index contributed by atoms with van der Waals surface area (Å²) < 4.78 is 5.08. The monoisotopic (exact) mass is 299 g/mol. The molecule has 0 aromatic rings. The van der Waals surface area contributed by atoms with Gasteiger partial charge in [0.25, 0.3) is 0 Å². The lowest BCUT2D eigenvalue weighted by molar-refractivity contribution is -0.121. The van der Waals surface area contributed by atoms with Crippen molar-refractivity contribution in [2.45, 2.75) is 52.1 Å². The Balaban J connectivity index is 3.47. The standard InChI is InChI=1S/C13H25N5O3/c1-13(2,3)21-12(20)16-9-6-8-15-11(19)7-4-5-10-17-18-14/h4-10H2,1-3H3,(H,15,19)(H,16,20). The van der Waals surface area contributed by atoms with Gasteiger partial charge in [-0.25, -0.2) is 4.79 Å². The number of rotatable bonds is 9. The average molecular weight is 299 g/mol. The lowest BCUT2D eigenvalue weighted by atomic mass is 10.2. The van der Waals surface area contributed by atoms with Crippen LogP contribution in [0.25, 0.3) is 10.4 Å². The van der Waals surface area contributed by atoms with Crippen molar-refractivity contribution in [1.29, 1.82) is 0 Å². The summed E-state index contributed by atoms with van der Waals surface area (Å²) in [5.74, 6) is -0.0341. The van der Waals surface area contributed by atoms with Gasteiger partial charge in [0, 0.05) is 31.0 Å². The lowest BCUT2D eigenvalue weighted by Crippen LogP contribution is -2.34. The van der Waals surface area contributed by atoms with Gasteiger partial charge in [-0.1, -0.05) is 5.11 Å². The number of carbonyl (C=O) groups excluding carboxylic acids is 2. The van der Waals surface area contributed by atoms with Crippen molar-refractivity contribution in [3.05, 3.63) is 10.4 Å². The Kier molecular flexibility index (Phi) is 9.79. The number of hydrogen-bond acceptors (Lipinski definition) is 4. The zero-order valence-electron chi connectivity index (χ0n) is 13.0. The van der Waals surface area contributed by atoms with Crippen molar-refractivity contribution in [2.75, 3.05) is 19.6 Å². The Bertz CT molecular complexity index is 372. The lowest BCUT2D eigenvalue weighted by Gasteiger charge is -2.19. The van der Waals surface area contributed by atoms with Crippen molar-refractivity contribution in [1.82, 2.24) is 10.6 Å². The van der Waals surface area contributed by atoms with Gasteiger partial charge in [0.2, 0.25) is 5.91 Å². The predicted octanol–water partition coefficient (Wildman–Crippen LogP) is 2.50. The average Bonchev–Trinajstić information content (AvgIpc) is 2.36. The topological polar surface area (TPSA) is 116 Å². The van der Waals surface area contributed by atoms with Gasteiger partial charge in [0.05, 0.1) is 0 Å². The Morgan fingerprint density at radius 1 is 1.14 bits per heavy atom. The van der Waals surface area contributed by atoms with Gasteiger partial charge in [0.15, 0.2) is 0 Å². The molecule has 0 bridgehead atoms. The first-order valence-corrected chi connectivity index (χ1v) is 7.09. The van der Waals surface area contributed by atoms with E-state index in [2.05, 4.69) is 20.7 Å². The first kappa shape index (κ1) is 19.1. The second-order valence-electron chi connectivity index (χ2n) is 5.54. The van der Waals surface area contributed by atoms with E-state index in [4.69, 9.17) is 10.3 Å². The Morgan fingerprint density at radius 3 is 2.43 bits per heavy atom. The third-order valence-corrected chi connectivity index (χ3v) is 2.32. The van der Waals surface area contributed by atoms with E-state index < -0.39 is 11.7 Å². The van der Waals surface area contributed by atoms with E-state index in [1.54, 1.807) is 20.8 Å². The normalized spacial score (nSPS) is 10.4. The van der Waals surface area contributed by atoms with Crippen molar-refractivity contribution >= 4 is 12.0 Å². The first-order valence-electron chi connectivity index (χ1n) is 7.09. The Labute approximate surface area is 125 Å². The van der Waals surface area contributed by atoms with Crippen LogP contribution in [0.2, 0.25) is 0 Å². The summed E-state index contributed by atoms with van der Waals surface area (Å²) in [6.45, 7) is 6.78. The minimum absolute atomic E-state index is 0.0341. The molecule has 0 saturated heterocycles. The third-order valence-electron chi connectivity index (χ3n) is 2.32. The number of ether oxygens (including phenoxy) is 1. The highest BCUT2D eigenvalue weighted by Gasteiger charge is 2.15. The van der Waals surface area contributed by atoms with Gasteiger partial charge in [-0.15, -0.1) is 0 Å². The zero-order chi connectivity index (χ0) is 16.1. The molecule has 0 atom stereocenters. The first-order chi connectivity index (χ1) is 9.85. The fourth-order valence-electron chi connectivity index (χ4n) is 1.42. The number of alkyl carbamates (subject to hydrolysis) is 1. The molecule has 0 aromatic carbocycles. The van der Waals surface area contributed by atoms with Crippen molar-refractivity contribution in [3.8, 4) is 0 Å². The number of nitrogens with zero attached hydrogens (tertiary/aromatic N) is 3. The van der Waals surface area contributed by atoms with Gasteiger partial charge >= 0.3 is 6.09 Å². The number of unbranched alkanes of at least 4 members (excludes halogenated alkanes) is 1. The fourth-order valence-corrected chi connectivity index (χ4v) is 1.42. The van der Waals surface area contributed by atoms with E-state index in [0.717, 1.165) is 0 Å². The molecule has 0 fully saturated rings. The fraction of sp³-hybridized carbons (Fsp3) is 0.846. The van der Waals surface area contributed by atoms with Gasteiger partial charge in [-0.05, 0) is 45.6 Å². The molecule has 0 aliphatic rings. The van der Waals surface area contributed by atoms with Crippen LogP contribution in [0.15, 0.2) is 5.11 Å². The summed E-state index contributed by atoms with van der Waals surface area (Å²) in [7, 11) is 0. The van der Waals surface area contributed by atoms with Crippen LogP contribution in [0.1, 0.15) is 46.5 Å². The highest BCUT2D eigenvalue weighted by molar-refractivity contribution is 5.75.